The van der Waals surface area contributed by atoms with Crippen LogP contribution in [-0.2, 0) is 6.42 Å². The van der Waals surface area contributed by atoms with Gasteiger partial charge in [0.15, 0.2) is 17.5 Å². The molecular weight excluding hydrogens is 384 g/mol. The van der Waals surface area contributed by atoms with Crippen molar-refractivity contribution in [1.29, 1.82) is 0 Å². The molecule has 0 spiro atoms. The number of rotatable bonds is 10. The summed E-state index contributed by atoms with van der Waals surface area (Å²) in [5, 5.41) is 7.93. The molecule has 1 atom stereocenters. The predicted molar refractivity (Wildman–Crippen MR) is 122 cm³/mol. The zero-order valence-corrected chi connectivity index (χ0v) is 19.3. The number of aromatic nitrogens is 1. The summed E-state index contributed by atoms with van der Waals surface area (Å²) in [7, 11) is 0. The van der Waals surface area contributed by atoms with Gasteiger partial charge in [0.2, 0.25) is 0 Å². The fourth-order valence-corrected chi connectivity index (χ4v) is 3.95. The van der Waals surface area contributed by atoms with Gasteiger partial charge in [0.1, 0.15) is 0 Å². The van der Waals surface area contributed by atoms with E-state index in [9.17, 15) is 0 Å². The molecular formula is C22H34N4O2S. The first-order valence-electron chi connectivity index (χ1n) is 10.4. The van der Waals surface area contributed by atoms with Crippen LogP contribution >= 0.6 is 11.3 Å². The van der Waals surface area contributed by atoms with E-state index in [1.54, 1.807) is 11.3 Å². The van der Waals surface area contributed by atoms with E-state index in [0.29, 0.717) is 13.2 Å². The Labute approximate surface area is 178 Å². The van der Waals surface area contributed by atoms with Crippen LogP contribution in [0.15, 0.2) is 23.2 Å². The summed E-state index contributed by atoms with van der Waals surface area (Å²) in [6, 6.07) is 6.16. The Morgan fingerprint density at radius 3 is 2.48 bits per heavy atom. The van der Waals surface area contributed by atoms with Crippen LogP contribution < -0.4 is 20.1 Å². The number of thiazole rings is 1. The van der Waals surface area contributed by atoms with Crippen LogP contribution in [0.3, 0.4) is 0 Å². The molecule has 0 saturated heterocycles. The van der Waals surface area contributed by atoms with Gasteiger partial charge in [0, 0.05) is 24.4 Å². The Hall–Kier alpha value is -2.28. The number of ether oxygens (including phenoxy) is 2. The molecule has 7 heteroatoms. The Morgan fingerprint density at radius 2 is 1.86 bits per heavy atom. The van der Waals surface area contributed by atoms with Crippen LogP contribution in [0.4, 0.5) is 0 Å². The van der Waals surface area contributed by atoms with E-state index < -0.39 is 0 Å². The SMILES string of the molecule is CCNC(=NCCc1sc(C)nc1C)NC(C)c1ccc(OCC)c(OCC)c1. The van der Waals surface area contributed by atoms with Crippen LogP contribution in [0.5, 0.6) is 11.5 Å². The molecule has 0 aliphatic rings. The van der Waals surface area contributed by atoms with Crippen LogP contribution in [0.25, 0.3) is 0 Å². The maximum absolute atomic E-state index is 5.76. The Bertz CT molecular complexity index is 804. The van der Waals surface area contributed by atoms with Gasteiger partial charge in [-0.25, -0.2) is 4.98 Å². The number of nitrogens with one attached hydrogen (secondary N) is 2. The molecule has 0 aliphatic heterocycles. The standard InChI is InChI=1S/C22H34N4O2S/c1-7-23-22(24-13-12-21-16(5)25-17(6)29-21)26-15(4)18-10-11-19(27-8-2)20(14-18)28-9-3/h10-11,14-15H,7-9,12-13H2,1-6H3,(H2,23,24,26). The van der Waals surface area contributed by atoms with Crippen molar-refractivity contribution in [3.63, 3.8) is 0 Å². The maximum Gasteiger partial charge on any atom is 0.191 e. The van der Waals surface area contributed by atoms with Gasteiger partial charge >= 0.3 is 0 Å². The van der Waals surface area contributed by atoms with E-state index in [2.05, 4.69) is 42.5 Å². The third kappa shape index (κ3) is 6.92. The normalized spacial score (nSPS) is 12.6. The summed E-state index contributed by atoms with van der Waals surface area (Å²) in [5.74, 6) is 2.37. The maximum atomic E-state index is 5.76. The van der Waals surface area contributed by atoms with Crippen molar-refractivity contribution in [2.45, 2.75) is 54.0 Å². The molecule has 160 valence electrons. The zero-order valence-electron chi connectivity index (χ0n) is 18.5. The summed E-state index contributed by atoms with van der Waals surface area (Å²) in [5.41, 5.74) is 2.24. The molecule has 29 heavy (non-hydrogen) atoms. The molecule has 2 N–H and O–H groups in total. The topological polar surface area (TPSA) is 67.8 Å². The van der Waals surface area contributed by atoms with E-state index in [1.807, 2.05) is 32.9 Å². The molecule has 2 aromatic rings. The van der Waals surface area contributed by atoms with Crippen LogP contribution in [0, 0.1) is 13.8 Å². The minimum Gasteiger partial charge on any atom is -0.490 e. The highest BCUT2D eigenvalue weighted by atomic mass is 32.1. The Kier molecular flexibility index (Phi) is 9.25. The third-order valence-corrected chi connectivity index (χ3v) is 5.51. The van der Waals surface area contributed by atoms with Crippen molar-refractivity contribution in [3.8, 4) is 11.5 Å². The second-order valence-electron chi connectivity index (χ2n) is 6.69. The molecule has 0 radical (unpaired) electrons. The lowest BCUT2D eigenvalue weighted by Crippen LogP contribution is -2.38. The van der Waals surface area contributed by atoms with Gasteiger partial charge in [-0.05, 0) is 59.2 Å². The van der Waals surface area contributed by atoms with Crippen molar-refractivity contribution in [1.82, 2.24) is 15.6 Å². The third-order valence-electron chi connectivity index (χ3n) is 4.37. The predicted octanol–water partition coefficient (Wildman–Crippen LogP) is 4.42. The largest absolute Gasteiger partial charge is 0.490 e. The number of aryl methyl sites for hydroxylation is 2. The smallest absolute Gasteiger partial charge is 0.191 e. The van der Waals surface area contributed by atoms with E-state index in [4.69, 9.17) is 14.5 Å². The molecule has 0 saturated carbocycles. The monoisotopic (exact) mass is 418 g/mol. The van der Waals surface area contributed by atoms with Crippen LogP contribution in [0.1, 0.15) is 54.9 Å². The first kappa shape index (κ1) is 23.0. The number of hydrogen-bond donors (Lipinski definition) is 2. The lowest BCUT2D eigenvalue weighted by atomic mass is 10.1. The first-order chi connectivity index (χ1) is 14.0. The molecule has 2 rings (SSSR count). The molecule has 0 fully saturated rings. The second-order valence-corrected chi connectivity index (χ2v) is 7.98. The molecule has 1 aromatic carbocycles. The molecule has 1 unspecified atom stereocenters. The highest BCUT2D eigenvalue weighted by Gasteiger charge is 2.12. The summed E-state index contributed by atoms with van der Waals surface area (Å²) >= 11 is 1.75. The van der Waals surface area contributed by atoms with Crippen molar-refractivity contribution >= 4 is 17.3 Å². The van der Waals surface area contributed by atoms with Gasteiger partial charge in [0.05, 0.1) is 30.0 Å². The highest BCUT2D eigenvalue weighted by molar-refractivity contribution is 7.11. The van der Waals surface area contributed by atoms with Crippen LogP contribution in [0.2, 0.25) is 0 Å². The summed E-state index contributed by atoms with van der Waals surface area (Å²) < 4.78 is 11.4. The molecule has 0 bridgehead atoms. The van der Waals surface area contributed by atoms with Crippen molar-refractivity contribution in [3.05, 3.63) is 39.3 Å². The van der Waals surface area contributed by atoms with Gasteiger partial charge in [-0.2, -0.15) is 0 Å². The minimum absolute atomic E-state index is 0.0788. The van der Waals surface area contributed by atoms with Gasteiger partial charge in [0.25, 0.3) is 0 Å². The van der Waals surface area contributed by atoms with Gasteiger partial charge in [-0.1, -0.05) is 6.07 Å². The fraction of sp³-hybridized carbons (Fsp3) is 0.545. The summed E-state index contributed by atoms with van der Waals surface area (Å²) in [6.07, 6.45) is 0.903. The van der Waals surface area contributed by atoms with E-state index in [0.717, 1.165) is 53.2 Å². The summed E-state index contributed by atoms with van der Waals surface area (Å²) in [6.45, 7) is 15.0. The average Bonchev–Trinajstić information content (AvgIpc) is 3.00. The van der Waals surface area contributed by atoms with Crippen molar-refractivity contribution in [2.75, 3.05) is 26.3 Å². The Balaban J connectivity index is 2.06. The first-order valence-corrected chi connectivity index (χ1v) is 11.2. The van der Waals surface area contributed by atoms with Crippen LogP contribution in [-0.4, -0.2) is 37.2 Å². The van der Waals surface area contributed by atoms with Gasteiger partial charge in [-0.3, -0.25) is 4.99 Å². The molecule has 0 amide bonds. The number of nitrogens with zero attached hydrogens (tertiary/aromatic N) is 2. The van der Waals surface area contributed by atoms with Crippen molar-refractivity contribution < 1.29 is 9.47 Å². The summed E-state index contributed by atoms with van der Waals surface area (Å²) in [4.78, 5) is 10.5. The zero-order chi connectivity index (χ0) is 21.2. The number of aliphatic imine (C=N–C) groups is 1. The van der Waals surface area contributed by atoms with E-state index in [-0.39, 0.29) is 6.04 Å². The van der Waals surface area contributed by atoms with E-state index >= 15 is 0 Å². The second kappa shape index (κ2) is 11.7. The Morgan fingerprint density at radius 1 is 1.14 bits per heavy atom. The quantitative estimate of drug-likeness (QED) is 0.442. The van der Waals surface area contributed by atoms with Gasteiger partial charge < -0.3 is 20.1 Å². The number of benzene rings is 1. The lowest BCUT2D eigenvalue weighted by molar-refractivity contribution is 0.287. The molecule has 0 aliphatic carbocycles. The van der Waals surface area contributed by atoms with Crippen molar-refractivity contribution in [2.24, 2.45) is 4.99 Å². The fourth-order valence-electron chi connectivity index (χ4n) is 3.02. The highest BCUT2D eigenvalue weighted by Crippen LogP contribution is 2.30. The molecule has 1 aromatic heterocycles. The molecule has 6 nitrogen and oxygen atoms in total. The lowest BCUT2D eigenvalue weighted by Gasteiger charge is -2.20. The number of hydrogen-bond acceptors (Lipinski definition) is 5. The van der Waals surface area contributed by atoms with E-state index in [1.165, 1.54) is 4.88 Å². The number of guanidine groups is 1. The average molecular weight is 419 g/mol. The minimum atomic E-state index is 0.0788. The molecule has 1 heterocycles. The van der Waals surface area contributed by atoms with Gasteiger partial charge in [-0.15, -0.1) is 11.3 Å².